The van der Waals surface area contributed by atoms with Crippen molar-refractivity contribution in [1.29, 1.82) is 0 Å². The van der Waals surface area contributed by atoms with E-state index in [1.807, 2.05) is 45.9 Å². The summed E-state index contributed by atoms with van der Waals surface area (Å²) in [5, 5.41) is 0. The van der Waals surface area contributed by atoms with Gasteiger partial charge in [0, 0.05) is 6.20 Å². The predicted molar refractivity (Wildman–Crippen MR) is 55.5 cm³/mol. The summed E-state index contributed by atoms with van der Waals surface area (Å²) in [5.41, 5.74) is 0.987. The molecule has 0 aliphatic rings. The topological polar surface area (TPSA) is 22.1 Å². The van der Waals surface area contributed by atoms with Crippen LogP contribution in [0.5, 0.6) is 0 Å². The van der Waals surface area contributed by atoms with Crippen LogP contribution in [-0.2, 0) is 11.3 Å². The van der Waals surface area contributed by atoms with Gasteiger partial charge in [-0.25, -0.2) is 0 Å². The minimum absolute atomic E-state index is 0.275. The van der Waals surface area contributed by atoms with Gasteiger partial charge in [-0.1, -0.05) is 19.9 Å². The first-order valence-corrected chi connectivity index (χ1v) is 4.80. The highest BCUT2D eigenvalue weighted by Gasteiger charge is 1.94. The summed E-state index contributed by atoms with van der Waals surface area (Å²) in [4.78, 5) is 4.13. The van der Waals surface area contributed by atoms with E-state index in [-0.39, 0.29) is 6.10 Å². The molecule has 1 rings (SSSR count). The van der Waals surface area contributed by atoms with Gasteiger partial charge in [-0.05, 0) is 26.0 Å². The summed E-state index contributed by atoms with van der Waals surface area (Å²) >= 11 is 0. The highest BCUT2D eigenvalue weighted by atomic mass is 16.5. The standard InChI is InChI=1S/C9H13NO.C2H6/c1-8(2)11-7-9-5-3-4-6-10-9;1-2/h3-6,8H,7H2,1-2H3;1-2H3. The molecule has 2 nitrogen and oxygen atoms in total. The second-order valence-electron chi connectivity index (χ2n) is 2.68. The van der Waals surface area contributed by atoms with Crippen molar-refractivity contribution in [3.8, 4) is 0 Å². The van der Waals surface area contributed by atoms with Crippen LogP contribution < -0.4 is 0 Å². The van der Waals surface area contributed by atoms with Crippen LogP contribution in [0, 0.1) is 0 Å². The molecule has 0 unspecified atom stereocenters. The minimum Gasteiger partial charge on any atom is -0.373 e. The Morgan fingerprint density at radius 3 is 2.46 bits per heavy atom. The van der Waals surface area contributed by atoms with Crippen LogP contribution in [0.1, 0.15) is 33.4 Å². The number of hydrogen-bond donors (Lipinski definition) is 0. The fourth-order valence-corrected chi connectivity index (χ4v) is 0.736. The van der Waals surface area contributed by atoms with E-state index < -0.39 is 0 Å². The maximum Gasteiger partial charge on any atom is 0.0891 e. The molecule has 0 aliphatic carbocycles. The van der Waals surface area contributed by atoms with E-state index in [1.54, 1.807) is 6.20 Å². The van der Waals surface area contributed by atoms with E-state index in [9.17, 15) is 0 Å². The second-order valence-corrected chi connectivity index (χ2v) is 2.68. The van der Waals surface area contributed by atoms with Crippen LogP contribution >= 0.6 is 0 Å². The maximum absolute atomic E-state index is 5.37. The molecule has 1 heterocycles. The Morgan fingerprint density at radius 1 is 1.31 bits per heavy atom. The van der Waals surface area contributed by atoms with Gasteiger partial charge in [-0.2, -0.15) is 0 Å². The number of aromatic nitrogens is 1. The van der Waals surface area contributed by atoms with Gasteiger partial charge >= 0.3 is 0 Å². The van der Waals surface area contributed by atoms with Gasteiger partial charge in [0.25, 0.3) is 0 Å². The van der Waals surface area contributed by atoms with E-state index in [2.05, 4.69) is 4.98 Å². The molecule has 0 aliphatic heterocycles. The van der Waals surface area contributed by atoms with Gasteiger partial charge < -0.3 is 4.74 Å². The molecule has 1 aromatic heterocycles. The van der Waals surface area contributed by atoms with Crippen LogP contribution in [0.25, 0.3) is 0 Å². The highest BCUT2D eigenvalue weighted by Crippen LogP contribution is 1.98. The van der Waals surface area contributed by atoms with E-state index in [4.69, 9.17) is 4.74 Å². The van der Waals surface area contributed by atoms with Gasteiger partial charge in [0.1, 0.15) is 0 Å². The zero-order valence-electron chi connectivity index (χ0n) is 8.95. The summed E-state index contributed by atoms with van der Waals surface area (Å²) in [6.45, 7) is 8.64. The fraction of sp³-hybridized carbons (Fsp3) is 0.545. The molecule has 74 valence electrons. The molecular weight excluding hydrogens is 162 g/mol. The molecule has 0 saturated carbocycles. The van der Waals surface area contributed by atoms with E-state index in [1.165, 1.54) is 0 Å². The van der Waals surface area contributed by atoms with Crippen LogP contribution in [0.2, 0.25) is 0 Å². The van der Waals surface area contributed by atoms with Crippen molar-refractivity contribution < 1.29 is 4.74 Å². The molecule has 0 bridgehead atoms. The Kier molecular flexibility index (Phi) is 7.21. The first-order valence-electron chi connectivity index (χ1n) is 4.80. The molecule has 2 heteroatoms. The van der Waals surface area contributed by atoms with Crippen LogP contribution in [0.4, 0.5) is 0 Å². The number of nitrogens with zero attached hydrogens (tertiary/aromatic N) is 1. The van der Waals surface area contributed by atoms with Crippen molar-refractivity contribution in [3.05, 3.63) is 30.1 Å². The third-order valence-corrected chi connectivity index (χ3v) is 1.29. The summed E-state index contributed by atoms with van der Waals surface area (Å²) in [7, 11) is 0. The van der Waals surface area contributed by atoms with Gasteiger partial charge in [-0.3, -0.25) is 4.98 Å². The Labute approximate surface area is 81.0 Å². The Morgan fingerprint density at radius 2 is 2.00 bits per heavy atom. The van der Waals surface area contributed by atoms with E-state index >= 15 is 0 Å². The van der Waals surface area contributed by atoms with Crippen molar-refractivity contribution in [2.45, 2.75) is 40.4 Å². The number of pyridine rings is 1. The summed E-state index contributed by atoms with van der Waals surface area (Å²) < 4.78 is 5.37. The molecule has 1 aromatic rings. The monoisotopic (exact) mass is 181 g/mol. The lowest BCUT2D eigenvalue weighted by molar-refractivity contribution is 0.0636. The van der Waals surface area contributed by atoms with Crippen LogP contribution in [0.15, 0.2) is 24.4 Å². The van der Waals surface area contributed by atoms with Crippen molar-refractivity contribution >= 4 is 0 Å². The Balaban J connectivity index is 0.000000671. The lowest BCUT2D eigenvalue weighted by Crippen LogP contribution is -2.02. The Hall–Kier alpha value is -0.890. The molecular formula is C11H19NO. The predicted octanol–water partition coefficient (Wildman–Crippen LogP) is 3.03. The molecule has 0 amide bonds. The highest BCUT2D eigenvalue weighted by molar-refractivity contribution is 5.01. The molecule has 0 radical (unpaired) electrons. The van der Waals surface area contributed by atoms with Gasteiger partial charge in [0.2, 0.25) is 0 Å². The van der Waals surface area contributed by atoms with Crippen molar-refractivity contribution in [3.63, 3.8) is 0 Å². The van der Waals surface area contributed by atoms with Crippen LogP contribution in [-0.4, -0.2) is 11.1 Å². The quantitative estimate of drug-likeness (QED) is 0.715. The minimum atomic E-state index is 0.275. The average Bonchev–Trinajstić information content (AvgIpc) is 2.19. The third kappa shape index (κ3) is 6.29. The lowest BCUT2D eigenvalue weighted by Gasteiger charge is -2.05. The van der Waals surface area contributed by atoms with Gasteiger partial charge in [0.05, 0.1) is 18.4 Å². The SMILES string of the molecule is CC.CC(C)OCc1ccccn1. The van der Waals surface area contributed by atoms with Gasteiger partial charge in [-0.15, -0.1) is 0 Å². The number of hydrogen-bond acceptors (Lipinski definition) is 2. The molecule has 0 aromatic carbocycles. The third-order valence-electron chi connectivity index (χ3n) is 1.29. The van der Waals surface area contributed by atoms with Crippen LogP contribution in [0.3, 0.4) is 0 Å². The van der Waals surface area contributed by atoms with Gasteiger partial charge in [0.15, 0.2) is 0 Å². The number of ether oxygens (including phenoxy) is 1. The first-order chi connectivity index (χ1) is 6.29. The van der Waals surface area contributed by atoms with Crippen molar-refractivity contribution in [1.82, 2.24) is 4.98 Å². The van der Waals surface area contributed by atoms with Crippen molar-refractivity contribution in [2.75, 3.05) is 0 Å². The Bertz CT molecular complexity index is 197. The fourth-order valence-electron chi connectivity index (χ4n) is 0.736. The summed E-state index contributed by atoms with van der Waals surface area (Å²) in [6, 6.07) is 5.83. The summed E-state index contributed by atoms with van der Waals surface area (Å²) in [5.74, 6) is 0. The van der Waals surface area contributed by atoms with E-state index in [0.29, 0.717) is 6.61 Å². The normalized spacial score (nSPS) is 9.31. The molecule has 0 fully saturated rings. The molecule has 13 heavy (non-hydrogen) atoms. The maximum atomic E-state index is 5.37. The van der Waals surface area contributed by atoms with E-state index in [0.717, 1.165) is 5.69 Å². The first kappa shape index (κ1) is 12.1. The molecule has 0 atom stereocenters. The summed E-state index contributed by atoms with van der Waals surface area (Å²) in [6.07, 6.45) is 2.05. The molecule has 0 saturated heterocycles. The second kappa shape index (κ2) is 7.74. The number of rotatable bonds is 3. The zero-order valence-corrected chi connectivity index (χ0v) is 8.95. The lowest BCUT2D eigenvalue weighted by atomic mass is 10.4. The zero-order chi connectivity index (χ0) is 10.1. The molecule has 0 spiro atoms. The smallest absolute Gasteiger partial charge is 0.0891 e. The molecule has 0 N–H and O–H groups in total. The van der Waals surface area contributed by atoms with Crippen molar-refractivity contribution in [2.24, 2.45) is 0 Å². The largest absolute Gasteiger partial charge is 0.373 e. The average molecular weight is 181 g/mol.